The molecule has 154 valence electrons. The van der Waals surface area contributed by atoms with Crippen molar-refractivity contribution in [2.45, 2.75) is 43.9 Å². The topological polar surface area (TPSA) is 75.3 Å². The lowest BCUT2D eigenvalue weighted by Gasteiger charge is -2.14. The van der Waals surface area contributed by atoms with E-state index in [0.717, 1.165) is 24.8 Å². The number of hydrogen-bond donors (Lipinski definition) is 2. The third kappa shape index (κ3) is 5.84. The van der Waals surface area contributed by atoms with E-state index in [9.17, 15) is 13.2 Å². The molecule has 0 aliphatic heterocycles. The molecule has 7 heteroatoms. The van der Waals surface area contributed by atoms with Crippen LogP contribution in [0.5, 0.6) is 0 Å². The molecule has 0 fully saturated rings. The highest BCUT2D eigenvalue weighted by Gasteiger charge is 2.17. The minimum absolute atomic E-state index is 0.157. The van der Waals surface area contributed by atoms with Crippen LogP contribution in [0.2, 0.25) is 5.02 Å². The first kappa shape index (κ1) is 21.4. The molecule has 0 spiro atoms. The fourth-order valence-electron chi connectivity index (χ4n) is 3.26. The fourth-order valence-corrected chi connectivity index (χ4v) is 4.51. The summed E-state index contributed by atoms with van der Waals surface area (Å²) in [6.45, 7) is 2.42. The van der Waals surface area contributed by atoms with Crippen LogP contribution in [-0.2, 0) is 10.0 Å². The van der Waals surface area contributed by atoms with Gasteiger partial charge < -0.3 is 5.32 Å². The summed E-state index contributed by atoms with van der Waals surface area (Å²) in [5.41, 5.74) is 2.88. The average Bonchev–Trinajstić information content (AvgIpc) is 2.70. The van der Waals surface area contributed by atoms with Gasteiger partial charge in [0, 0.05) is 12.2 Å². The third-order valence-corrected chi connectivity index (χ3v) is 6.64. The molecule has 0 radical (unpaired) electrons. The van der Waals surface area contributed by atoms with Crippen molar-refractivity contribution in [3.8, 4) is 0 Å². The highest BCUT2D eigenvalue weighted by Crippen LogP contribution is 2.24. The number of halogens is 1. The highest BCUT2D eigenvalue weighted by atomic mass is 35.5. The predicted molar refractivity (Wildman–Crippen MR) is 117 cm³/mol. The van der Waals surface area contributed by atoms with E-state index in [4.69, 9.17) is 11.6 Å². The summed E-state index contributed by atoms with van der Waals surface area (Å²) >= 11 is 6.17. The minimum Gasteiger partial charge on any atom is -0.352 e. The zero-order chi connectivity index (χ0) is 20.9. The van der Waals surface area contributed by atoms with Crippen molar-refractivity contribution in [1.29, 1.82) is 0 Å². The molecule has 0 aromatic heterocycles. The number of rotatable bonds is 7. The Hall–Kier alpha value is -2.31. The van der Waals surface area contributed by atoms with Crippen molar-refractivity contribution in [2.75, 3.05) is 11.3 Å². The molecule has 1 aliphatic rings. The summed E-state index contributed by atoms with van der Waals surface area (Å²) in [6.07, 6.45) is 7.71. The SMILES string of the molecule is Cc1ccc(S(=O)(=O)Nc2ccc(Cl)c(C(=O)NCCC3=CCCCC3)c2)cc1. The first-order chi connectivity index (χ1) is 13.8. The molecule has 0 saturated carbocycles. The van der Waals surface area contributed by atoms with Crippen molar-refractivity contribution in [3.05, 3.63) is 70.3 Å². The van der Waals surface area contributed by atoms with Crippen molar-refractivity contribution in [3.63, 3.8) is 0 Å². The summed E-state index contributed by atoms with van der Waals surface area (Å²) < 4.78 is 27.7. The lowest BCUT2D eigenvalue weighted by Crippen LogP contribution is -2.25. The first-order valence-corrected chi connectivity index (χ1v) is 11.6. The van der Waals surface area contributed by atoms with Gasteiger partial charge in [0.2, 0.25) is 0 Å². The molecule has 0 saturated heterocycles. The Balaban J connectivity index is 1.67. The van der Waals surface area contributed by atoms with Crippen molar-refractivity contribution >= 4 is 33.2 Å². The van der Waals surface area contributed by atoms with Crippen LogP contribution in [0, 0.1) is 6.92 Å². The number of benzene rings is 2. The van der Waals surface area contributed by atoms with E-state index in [0.29, 0.717) is 6.54 Å². The van der Waals surface area contributed by atoms with Crippen LogP contribution < -0.4 is 10.0 Å². The van der Waals surface area contributed by atoms with E-state index in [1.807, 2.05) is 6.92 Å². The van der Waals surface area contributed by atoms with E-state index in [-0.39, 0.29) is 27.1 Å². The smallest absolute Gasteiger partial charge is 0.261 e. The average molecular weight is 433 g/mol. The second-order valence-electron chi connectivity index (χ2n) is 7.23. The number of carbonyl (C=O) groups is 1. The number of carbonyl (C=O) groups excluding carboxylic acids is 1. The molecule has 0 atom stereocenters. The quantitative estimate of drug-likeness (QED) is 0.600. The number of nitrogens with one attached hydrogen (secondary N) is 2. The van der Waals surface area contributed by atoms with E-state index in [1.165, 1.54) is 36.6 Å². The number of hydrogen-bond acceptors (Lipinski definition) is 3. The lowest BCUT2D eigenvalue weighted by molar-refractivity contribution is 0.0954. The first-order valence-electron chi connectivity index (χ1n) is 9.70. The van der Waals surface area contributed by atoms with Gasteiger partial charge in [-0.2, -0.15) is 0 Å². The molecule has 0 unspecified atom stereocenters. The lowest BCUT2D eigenvalue weighted by atomic mass is 9.97. The van der Waals surface area contributed by atoms with Crippen LogP contribution in [0.1, 0.15) is 48.0 Å². The van der Waals surface area contributed by atoms with Crippen molar-refractivity contribution in [1.82, 2.24) is 5.32 Å². The zero-order valence-electron chi connectivity index (χ0n) is 16.4. The van der Waals surface area contributed by atoms with E-state index in [1.54, 1.807) is 24.3 Å². The second-order valence-corrected chi connectivity index (χ2v) is 9.32. The van der Waals surface area contributed by atoms with Crippen molar-refractivity contribution < 1.29 is 13.2 Å². The Labute approximate surface area is 177 Å². The van der Waals surface area contributed by atoms with Crippen LogP contribution in [0.15, 0.2) is 59.0 Å². The van der Waals surface area contributed by atoms with Gasteiger partial charge in [0.1, 0.15) is 0 Å². The van der Waals surface area contributed by atoms with Crippen LogP contribution in [0.3, 0.4) is 0 Å². The summed E-state index contributed by atoms with van der Waals surface area (Å²) in [7, 11) is -3.75. The molecule has 5 nitrogen and oxygen atoms in total. The number of aryl methyl sites for hydroxylation is 1. The normalized spacial score (nSPS) is 14.2. The Kier molecular flexibility index (Phi) is 6.98. The Morgan fingerprint density at radius 1 is 1.10 bits per heavy atom. The standard InChI is InChI=1S/C22H25ClN2O3S/c1-16-7-10-19(11-8-16)29(27,28)25-18-9-12-21(23)20(15-18)22(26)24-14-13-17-5-3-2-4-6-17/h5,7-12,15,25H,2-4,6,13-14H2,1H3,(H,24,26). The van der Waals surface area contributed by atoms with E-state index >= 15 is 0 Å². The summed E-state index contributed by atoms with van der Waals surface area (Å²) in [4.78, 5) is 12.7. The van der Waals surface area contributed by atoms with Crippen LogP contribution in [-0.4, -0.2) is 20.9 Å². The van der Waals surface area contributed by atoms with Gasteiger partial charge in [-0.05, 0) is 69.4 Å². The Bertz CT molecular complexity index is 1010. The molecule has 29 heavy (non-hydrogen) atoms. The zero-order valence-corrected chi connectivity index (χ0v) is 17.9. The number of sulfonamides is 1. The van der Waals surface area contributed by atoms with Gasteiger partial charge in [0.05, 0.1) is 15.5 Å². The van der Waals surface area contributed by atoms with E-state index < -0.39 is 10.0 Å². The molecule has 1 aliphatic carbocycles. The minimum atomic E-state index is -3.75. The Morgan fingerprint density at radius 2 is 1.86 bits per heavy atom. The van der Waals surface area contributed by atoms with Gasteiger partial charge in [0.25, 0.3) is 15.9 Å². The summed E-state index contributed by atoms with van der Waals surface area (Å²) in [5, 5.41) is 3.15. The molecule has 1 amide bonds. The number of allylic oxidation sites excluding steroid dienone is 1. The van der Waals surface area contributed by atoms with Gasteiger partial charge in [-0.3, -0.25) is 9.52 Å². The van der Waals surface area contributed by atoms with Gasteiger partial charge in [-0.25, -0.2) is 8.42 Å². The van der Waals surface area contributed by atoms with Gasteiger partial charge in [0.15, 0.2) is 0 Å². The highest BCUT2D eigenvalue weighted by molar-refractivity contribution is 7.92. The molecular weight excluding hydrogens is 408 g/mol. The van der Waals surface area contributed by atoms with Crippen LogP contribution in [0.4, 0.5) is 5.69 Å². The molecular formula is C22H25ClN2O3S. The third-order valence-electron chi connectivity index (χ3n) is 4.91. The number of amides is 1. The van der Waals surface area contributed by atoms with Gasteiger partial charge in [-0.15, -0.1) is 0 Å². The molecule has 2 aromatic rings. The molecule has 0 heterocycles. The van der Waals surface area contributed by atoms with Gasteiger partial charge in [-0.1, -0.05) is 40.9 Å². The monoisotopic (exact) mass is 432 g/mol. The number of anilines is 1. The van der Waals surface area contributed by atoms with Crippen LogP contribution in [0.25, 0.3) is 0 Å². The molecule has 3 rings (SSSR count). The van der Waals surface area contributed by atoms with Crippen molar-refractivity contribution in [2.24, 2.45) is 0 Å². The predicted octanol–water partition coefficient (Wildman–Crippen LogP) is 5.07. The molecule has 2 aromatic carbocycles. The Morgan fingerprint density at radius 3 is 2.55 bits per heavy atom. The summed E-state index contributed by atoms with van der Waals surface area (Å²) in [6, 6.07) is 11.1. The maximum atomic E-state index is 12.6. The largest absolute Gasteiger partial charge is 0.352 e. The fraction of sp³-hybridized carbons (Fsp3) is 0.318. The maximum absolute atomic E-state index is 12.6. The van der Waals surface area contributed by atoms with Gasteiger partial charge >= 0.3 is 0 Å². The second kappa shape index (κ2) is 9.46. The van der Waals surface area contributed by atoms with Crippen LogP contribution >= 0.6 is 11.6 Å². The van der Waals surface area contributed by atoms with E-state index in [2.05, 4.69) is 16.1 Å². The summed E-state index contributed by atoms with van der Waals surface area (Å²) in [5.74, 6) is -0.317. The molecule has 0 bridgehead atoms. The molecule has 2 N–H and O–H groups in total. The maximum Gasteiger partial charge on any atom is 0.261 e.